The number of nitrogens with two attached hydrogens (primary N) is 1. The molecular weight excluding hydrogens is 291 g/mol. The third-order valence-corrected chi connectivity index (χ3v) is 3.68. The first kappa shape index (κ1) is 13.6. The zero-order chi connectivity index (χ0) is 15.0. The second-order valence-corrected chi connectivity index (χ2v) is 5.15. The quantitative estimate of drug-likeness (QED) is 0.747. The highest BCUT2D eigenvalue weighted by atomic mass is 35.5. The Kier molecular flexibility index (Phi) is 3.39. The average Bonchev–Trinajstić information content (AvgIpc) is 2.84. The molecule has 0 aliphatic carbocycles. The number of benzene rings is 2. The highest BCUT2D eigenvalue weighted by Crippen LogP contribution is 2.37. The maximum Gasteiger partial charge on any atom is 0.230 e. The van der Waals surface area contributed by atoms with Crippen LogP contribution in [-0.4, -0.2) is 5.16 Å². The number of nitrogens with zero attached hydrogens (tertiary/aromatic N) is 1. The summed E-state index contributed by atoms with van der Waals surface area (Å²) in [4.78, 5) is 0. The van der Waals surface area contributed by atoms with Crippen molar-refractivity contribution < 1.29 is 8.91 Å². The second kappa shape index (κ2) is 5.22. The molecule has 3 rings (SSSR count). The van der Waals surface area contributed by atoms with Crippen molar-refractivity contribution in [2.24, 2.45) is 0 Å². The Morgan fingerprint density at radius 3 is 2.67 bits per heavy atom. The lowest BCUT2D eigenvalue weighted by Gasteiger charge is -2.05. The number of anilines is 1. The fourth-order valence-corrected chi connectivity index (χ4v) is 2.34. The molecule has 2 N–H and O–H groups in total. The Morgan fingerprint density at radius 2 is 1.95 bits per heavy atom. The highest BCUT2D eigenvalue weighted by Gasteiger charge is 2.18. The molecule has 0 aliphatic rings. The summed E-state index contributed by atoms with van der Waals surface area (Å²) in [5.41, 5.74) is 9.29. The number of nitrogen functional groups attached to an aromatic ring is 1. The molecule has 0 saturated carbocycles. The molecule has 0 radical (unpaired) electrons. The summed E-state index contributed by atoms with van der Waals surface area (Å²) in [6, 6.07) is 11.7. The van der Waals surface area contributed by atoms with Crippen LogP contribution in [0.5, 0.6) is 0 Å². The van der Waals surface area contributed by atoms with Gasteiger partial charge in [0.15, 0.2) is 0 Å². The van der Waals surface area contributed by atoms with Crippen molar-refractivity contribution in [1.29, 1.82) is 0 Å². The van der Waals surface area contributed by atoms with Gasteiger partial charge in [-0.3, -0.25) is 0 Å². The average molecular weight is 303 g/mol. The molecule has 0 fully saturated rings. The molecular formula is C16H12ClFN2O. The van der Waals surface area contributed by atoms with Crippen LogP contribution in [0.3, 0.4) is 0 Å². The molecule has 0 aliphatic heterocycles. The topological polar surface area (TPSA) is 52.0 Å². The Balaban J connectivity index is 2.19. The number of hydrogen-bond acceptors (Lipinski definition) is 3. The Labute approximate surface area is 126 Å². The minimum atomic E-state index is -0.346. The molecule has 0 atom stereocenters. The van der Waals surface area contributed by atoms with E-state index >= 15 is 0 Å². The van der Waals surface area contributed by atoms with Crippen LogP contribution in [0.4, 0.5) is 10.3 Å². The van der Waals surface area contributed by atoms with Crippen LogP contribution in [0.25, 0.3) is 22.4 Å². The van der Waals surface area contributed by atoms with Crippen molar-refractivity contribution in [1.82, 2.24) is 5.16 Å². The van der Waals surface area contributed by atoms with E-state index in [0.29, 0.717) is 21.8 Å². The van der Waals surface area contributed by atoms with Gasteiger partial charge in [0, 0.05) is 10.6 Å². The summed E-state index contributed by atoms with van der Waals surface area (Å²) in [6.45, 7) is 1.91. The molecule has 1 heterocycles. The monoisotopic (exact) mass is 302 g/mol. The number of halogens is 2. The summed E-state index contributed by atoms with van der Waals surface area (Å²) in [6.07, 6.45) is 0. The van der Waals surface area contributed by atoms with E-state index in [9.17, 15) is 4.39 Å². The van der Waals surface area contributed by atoms with Gasteiger partial charge >= 0.3 is 0 Å². The van der Waals surface area contributed by atoms with Crippen LogP contribution in [0, 0.1) is 12.7 Å². The van der Waals surface area contributed by atoms with Gasteiger partial charge in [0.05, 0.1) is 5.56 Å². The van der Waals surface area contributed by atoms with E-state index in [4.69, 9.17) is 21.9 Å². The lowest BCUT2D eigenvalue weighted by molar-refractivity contribution is 0.439. The van der Waals surface area contributed by atoms with Gasteiger partial charge in [0.1, 0.15) is 11.5 Å². The van der Waals surface area contributed by atoms with Crippen molar-refractivity contribution in [2.75, 3.05) is 5.73 Å². The van der Waals surface area contributed by atoms with Crippen molar-refractivity contribution in [3.05, 3.63) is 58.9 Å². The van der Waals surface area contributed by atoms with Crippen LogP contribution in [0.2, 0.25) is 5.02 Å². The number of aryl methyl sites for hydroxylation is 1. The molecule has 3 nitrogen and oxygen atoms in total. The summed E-state index contributed by atoms with van der Waals surface area (Å²) >= 11 is 6.14. The van der Waals surface area contributed by atoms with Gasteiger partial charge in [-0.05, 0) is 36.2 Å². The van der Waals surface area contributed by atoms with Gasteiger partial charge in [0.2, 0.25) is 5.88 Å². The first-order valence-electron chi connectivity index (χ1n) is 6.34. The normalized spacial score (nSPS) is 10.8. The molecule has 21 heavy (non-hydrogen) atoms. The first-order valence-corrected chi connectivity index (χ1v) is 6.71. The van der Waals surface area contributed by atoms with Gasteiger partial charge in [-0.2, -0.15) is 0 Å². The smallest absolute Gasteiger partial charge is 0.230 e. The molecule has 1 aromatic heterocycles. The SMILES string of the molecule is Cc1ccc(-c2noc(N)c2-c2cccc(F)c2)cc1Cl. The maximum absolute atomic E-state index is 13.4. The third kappa shape index (κ3) is 2.50. The molecule has 3 aromatic rings. The molecule has 0 bridgehead atoms. The molecule has 5 heteroatoms. The highest BCUT2D eigenvalue weighted by molar-refractivity contribution is 6.31. The van der Waals surface area contributed by atoms with Crippen LogP contribution in [0.1, 0.15) is 5.56 Å². The van der Waals surface area contributed by atoms with Crippen LogP contribution >= 0.6 is 11.6 Å². The molecule has 0 spiro atoms. The van der Waals surface area contributed by atoms with E-state index in [1.165, 1.54) is 12.1 Å². The third-order valence-electron chi connectivity index (χ3n) is 3.28. The van der Waals surface area contributed by atoms with Crippen molar-refractivity contribution in [3.63, 3.8) is 0 Å². The van der Waals surface area contributed by atoms with Crippen LogP contribution < -0.4 is 5.73 Å². The minimum absolute atomic E-state index is 0.146. The van der Waals surface area contributed by atoms with Crippen molar-refractivity contribution in [3.8, 4) is 22.4 Å². The van der Waals surface area contributed by atoms with Gasteiger partial charge in [0.25, 0.3) is 0 Å². The zero-order valence-corrected chi connectivity index (χ0v) is 12.0. The van der Waals surface area contributed by atoms with Gasteiger partial charge < -0.3 is 10.3 Å². The van der Waals surface area contributed by atoms with Crippen LogP contribution in [-0.2, 0) is 0 Å². The second-order valence-electron chi connectivity index (χ2n) is 4.74. The fourth-order valence-electron chi connectivity index (χ4n) is 2.16. The number of hydrogen-bond donors (Lipinski definition) is 1. The maximum atomic E-state index is 13.4. The first-order chi connectivity index (χ1) is 10.1. The summed E-state index contributed by atoms with van der Waals surface area (Å²) in [5.74, 6) is -0.201. The molecule has 0 saturated heterocycles. The number of rotatable bonds is 2. The zero-order valence-electron chi connectivity index (χ0n) is 11.2. The Hall–Kier alpha value is -2.33. The molecule has 106 valence electrons. The van der Waals surface area contributed by atoms with E-state index in [1.807, 2.05) is 19.1 Å². The van der Waals surface area contributed by atoms with Crippen LogP contribution in [0.15, 0.2) is 47.0 Å². The summed E-state index contributed by atoms with van der Waals surface area (Å²) in [7, 11) is 0. The van der Waals surface area contributed by atoms with E-state index in [2.05, 4.69) is 5.16 Å². The minimum Gasteiger partial charge on any atom is -0.367 e. The molecule has 2 aromatic carbocycles. The van der Waals surface area contributed by atoms with E-state index < -0.39 is 0 Å². The van der Waals surface area contributed by atoms with Crippen molar-refractivity contribution in [2.45, 2.75) is 6.92 Å². The molecule has 0 amide bonds. The predicted octanol–water partition coefficient (Wildman–Crippen LogP) is 4.69. The van der Waals surface area contributed by atoms with E-state index in [1.54, 1.807) is 18.2 Å². The standard InChI is InChI=1S/C16H12ClFN2O/c1-9-5-6-11(8-13(9)17)15-14(16(19)21-20-15)10-3-2-4-12(18)7-10/h2-8H,19H2,1H3. The van der Waals surface area contributed by atoms with E-state index in [0.717, 1.165) is 11.1 Å². The van der Waals surface area contributed by atoms with Crippen molar-refractivity contribution >= 4 is 17.5 Å². The lowest BCUT2D eigenvalue weighted by Crippen LogP contribution is -1.89. The van der Waals surface area contributed by atoms with E-state index in [-0.39, 0.29) is 11.7 Å². The summed E-state index contributed by atoms with van der Waals surface area (Å²) < 4.78 is 18.5. The lowest BCUT2D eigenvalue weighted by atomic mass is 10.0. The number of aromatic nitrogens is 1. The molecule has 0 unspecified atom stereocenters. The largest absolute Gasteiger partial charge is 0.367 e. The fraction of sp³-hybridized carbons (Fsp3) is 0.0625. The van der Waals surface area contributed by atoms with Gasteiger partial charge in [-0.1, -0.05) is 41.0 Å². The Morgan fingerprint density at radius 1 is 1.14 bits per heavy atom. The summed E-state index contributed by atoms with van der Waals surface area (Å²) in [5, 5.41) is 4.61. The predicted molar refractivity (Wildman–Crippen MR) is 81.5 cm³/mol. The van der Waals surface area contributed by atoms with Gasteiger partial charge in [-0.15, -0.1) is 0 Å². The van der Waals surface area contributed by atoms with Gasteiger partial charge in [-0.25, -0.2) is 4.39 Å². The Bertz CT molecular complexity index is 814.